The SMILES string of the molecule is Cc1cc2nc(NC(C)c3cncc(F)c3)nc(C(O)N3CCN(C(=O)NC(C)C)C3)c2s1. The number of aliphatic hydroxyl groups is 1. The zero-order valence-corrected chi connectivity index (χ0v) is 19.9. The summed E-state index contributed by atoms with van der Waals surface area (Å²) in [5.41, 5.74) is 1.87. The van der Waals surface area contributed by atoms with Crippen LogP contribution < -0.4 is 10.6 Å². The first-order valence-electron chi connectivity index (χ1n) is 10.8. The van der Waals surface area contributed by atoms with Gasteiger partial charge >= 0.3 is 6.03 Å². The van der Waals surface area contributed by atoms with E-state index in [1.54, 1.807) is 16.0 Å². The predicted molar refractivity (Wildman–Crippen MR) is 125 cm³/mol. The number of urea groups is 1. The van der Waals surface area contributed by atoms with Gasteiger partial charge in [0, 0.05) is 30.2 Å². The van der Waals surface area contributed by atoms with Crippen molar-refractivity contribution in [2.75, 3.05) is 25.1 Å². The average molecular weight is 474 g/mol. The number of hydrogen-bond acceptors (Lipinski definition) is 8. The second kappa shape index (κ2) is 9.54. The summed E-state index contributed by atoms with van der Waals surface area (Å²) in [5.74, 6) is -0.0816. The summed E-state index contributed by atoms with van der Waals surface area (Å²) in [4.78, 5) is 30.0. The number of aromatic nitrogens is 3. The van der Waals surface area contributed by atoms with Gasteiger partial charge in [0.1, 0.15) is 11.5 Å². The molecule has 0 aromatic carbocycles. The third kappa shape index (κ3) is 5.21. The van der Waals surface area contributed by atoms with E-state index in [9.17, 15) is 14.3 Å². The molecule has 2 atom stereocenters. The molecule has 0 bridgehead atoms. The van der Waals surface area contributed by atoms with Gasteiger partial charge in [0.25, 0.3) is 0 Å². The molecule has 4 rings (SSSR count). The zero-order chi connectivity index (χ0) is 23.7. The first-order chi connectivity index (χ1) is 15.7. The van der Waals surface area contributed by atoms with Crippen molar-refractivity contribution >= 4 is 33.5 Å². The Balaban J connectivity index is 1.58. The summed E-state index contributed by atoms with van der Waals surface area (Å²) in [5, 5.41) is 17.3. The number of fused-ring (bicyclic) bond motifs is 1. The Morgan fingerprint density at radius 1 is 1.21 bits per heavy atom. The number of aryl methyl sites for hydroxylation is 1. The van der Waals surface area contributed by atoms with Crippen LogP contribution >= 0.6 is 11.3 Å². The fraction of sp³-hybridized carbons (Fsp3) is 0.455. The zero-order valence-electron chi connectivity index (χ0n) is 19.0. The highest BCUT2D eigenvalue weighted by Gasteiger charge is 2.32. The van der Waals surface area contributed by atoms with Crippen LogP contribution in [-0.2, 0) is 0 Å². The summed E-state index contributed by atoms with van der Waals surface area (Å²) in [7, 11) is 0. The summed E-state index contributed by atoms with van der Waals surface area (Å²) < 4.78 is 14.4. The summed E-state index contributed by atoms with van der Waals surface area (Å²) in [6, 6.07) is 2.95. The van der Waals surface area contributed by atoms with E-state index in [1.165, 1.54) is 17.4 Å². The van der Waals surface area contributed by atoms with E-state index in [-0.39, 0.29) is 18.1 Å². The van der Waals surface area contributed by atoms with Gasteiger partial charge in [-0.15, -0.1) is 11.3 Å². The van der Waals surface area contributed by atoms with E-state index in [1.807, 2.05) is 33.8 Å². The molecule has 2 amide bonds. The number of amides is 2. The molecule has 1 aliphatic rings. The summed E-state index contributed by atoms with van der Waals surface area (Å²) in [6.45, 7) is 9.00. The monoisotopic (exact) mass is 473 g/mol. The van der Waals surface area contributed by atoms with Crippen LogP contribution in [-0.4, -0.2) is 61.7 Å². The molecule has 4 heterocycles. The van der Waals surface area contributed by atoms with Crippen molar-refractivity contribution in [3.05, 3.63) is 46.5 Å². The molecular weight excluding hydrogens is 445 g/mol. The normalized spacial score (nSPS) is 16.4. The maximum atomic E-state index is 13.6. The Hall–Kier alpha value is -2.89. The van der Waals surface area contributed by atoms with Gasteiger partial charge in [-0.05, 0) is 45.4 Å². The maximum absolute atomic E-state index is 13.6. The van der Waals surface area contributed by atoms with Gasteiger partial charge in [-0.1, -0.05) is 0 Å². The van der Waals surface area contributed by atoms with Crippen molar-refractivity contribution in [3.8, 4) is 0 Å². The van der Waals surface area contributed by atoms with Crippen LogP contribution in [0.3, 0.4) is 0 Å². The Bertz CT molecular complexity index is 1150. The van der Waals surface area contributed by atoms with Crippen molar-refractivity contribution in [2.24, 2.45) is 0 Å². The van der Waals surface area contributed by atoms with Crippen LogP contribution in [0.4, 0.5) is 15.1 Å². The minimum atomic E-state index is -1.00. The van der Waals surface area contributed by atoms with Crippen molar-refractivity contribution in [1.29, 1.82) is 0 Å². The van der Waals surface area contributed by atoms with Crippen LogP contribution in [0.25, 0.3) is 10.2 Å². The molecule has 33 heavy (non-hydrogen) atoms. The molecule has 0 spiro atoms. The molecule has 1 fully saturated rings. The number of carbonyl (C=O) groups is 1. The molecular formula is C22H28FN7O2S. The highest BCUT2D eigenvalue weighted by atomic mass is 32.1. The molecule has 1 aliphatic heterocycles. The largest absolute Gasteiger partial charge is 0.372 e. The summed E-state index contributed by atoms with van der Waals surface area (Å²) in [6.07, 6.45) is 1.74. The molecule has 0 saturated carbocycles. The average Bonchev–Trinajstić information content (AvgIpc) is 3.38. The van der Waals surface area contributed by atoms with Gasteiger partial charge in [0.15, 0.2) is 6.23 Å². The standard InChI is InChI=1S/C22H28FN7O2S/c1-12(2)25-22(32)30-6-5-29(11-30)20(31)18-19-17(7-13(3)33-19)27-21(28-18)26-14(4)15-8-16(23)10-24-9-15/h7-10,12,14,20,31H,5-6,11H2,1-4H3,(H,25,32)(H,26,27,28). The van der Waals surface area contributed by atoms with Crippen LogP contribution in [0.5, 0.6) is 0 Å². The van der Waals surface area contributed by atoms with Crippen molar-refractivity contribution in [3.63, 3.8) is 0 Å². The number of halogens is 1. The fourth-order valence-electron chi connectivity index (χ4n) is 3.74. The number of nitrogens with one attached hydrogen (secondary N) is 2. The first-order valence-corrected chi connectivity index (χ1v) is 11.7. The minimum absolute atomic E-state index is 0.0379. The van der Waals surface area contributed by atoms with Gasteiger partial charge in [-0.3, -0.25) is 9.88 Å². The molecule has 0 aliphatic carbocycles. The predicted octanol–water partition coefficient (Wildman–Crippen LogP) is 3.39. The molecule has 3 aromatic heterocycles. The molecule has 0 radical (unpaired) electrons. The topological polar surface area (TPSA) is 107 Å². The fourth-order valence-corrected chi connectivity index (χ4v) is 4.70. The Morgan fingerprint density at radius 2 is 2.00 bits per heavy atom. The number of nitrogens with zero attached hydrogens (tertiary/aromatic N) is 5. The lowest BCUT2D eigenvalue weighted by molar-refractivity contribution is 0.00888. The Kier molecular flexibility index (Phi) is 6.73. The molecule has 3 N–H and O–H groups in total. The quantitative estimate of drug-likeness (QED) is 0.504. The minimum Gasteiger partial charge on any atom is -0.372 e. The van der Waals surface area contributed by atoms with E-state index in [2.05, 4.69) is 25.6 Å². The molecule has 11 heteroatoms. The number of anilines is 1. The van der Waals surface area contributed by atoms with Gasteiger partial charge in [0.05, 0.1) is 29.1 Å². The number of rotatable bonds is 6. The Labute approximate surface area is 195 Å². The Morgan fingerprint density at radius 3 is 2.73 bits per heavy atom. The van der Waals surface area contributed by atoms with Crippen molar-refractivity contribution < 1.29 is 14.3 Å². The van der Waals surface area contributed by atoms with E-state index in [0.717, 1.165) is 21.3 Å². The van der Waals surface area contributed by atoms with Gasteiger partial charge in [-0.2, -0.15) is 0 Å². The summed E-state index contributed by atoms with van der Waals surface area (Å²) >= 11 is 1.52. The number of hydrogen-bond donors (Lipinski definition) is 3. The van der Waals surface area contributed by atoms with Crippen LogP contribution in [0.15, 0.2) is 24.5 Å². The smallest absolute Gasteiger partial charge is 0.318 e. The molecule has 3 aromatic rings. The first kappa shape index (κ1) is 23.3. The lowest BCUT2D eigenvalue weighted by Crippen LogP contribution is -2.42. The lowest BCUT2D eigenvalue weighted by Gasteiger charge is -2.24. The molecule has 176 valence electrons. The lowest BCUT2D eigenvalue weighted by atomic mass is 10.1. The number of thiophene rings is 1. The van der Waals surface area contributed by atoms with Crippen molar-refractivity contribution in [1.82, 2.24) is 30.1 Å². The molecule has 2 unspecified atom stereocenters. The van der Waals surface area contributed by atoms with E-state index in [4.69, 9.17) is 0 Å². The second-order valence-corrected chi connectivity index (χ2v) is 9.76. The van der Waals surface area contributed by atoms with Crippen LogP contribution in [0.1, 0.15) is 49.2 Å². The number of aliphatic hydroxyl groups excluding tert-OH is 1. The highest BCUT2D eigenvalue weighted by molar-refractivity contribution is 7.19. The van der Waals surface area contributed by atoms with E-state index >= 15 is 0 Å². The number of carbonyl (C=O) groups excluding carboxylic acids is 1. The third-order valence-electron chi connectivity index (χ3n) is 5.39. The van der Waals surface area contributed by atoms with Gasteiger partial charge in [-0.25, -0.2) is 19.2 Å². The van der Waals surface area contributed by atoms with E-state index < -0.39 is 12.0 Å². The number of pyridine rings is 1. The second-order valence-electron chi connectivity index (χ2n) is 8.50. The highest BCUT2D eigenvalue weighted by Crippen LogP contribution is 2.33. The third-order valence-corrected chi connectivity index (χ3v) is 6.45. The van der Waals surface area contributed by atoms with E-state index in [0.29, 0.717) is 37.0 Å². The van der Waals surface area contributed by atoms with Gasteiger partial charge < -0.3 is 20.6 Å². The van der Waals surface area contributed by atoms with Crippen LogP contribution in [0.2, 0.25) is 0 Å². The molecule has 9 nitrogen and oxygen atoms in total. The van der Waals surface area contributed by atoms with Crippen LogP contribution in [0, 0.1) is 12.7 Å². The van der Waals surface area contributed by atoms with Crippen molar-refractivity contribution in [2.45, 2.75) is 46.0 Å². The maximum Gasteiger partial charge on any atom is 0.318 e. The molecule has 1 saturated heterocycles. The van der Waals surface area contributed by atoms with Gasteiger partial charge in [0.2, 0.25) is 5.95 Å².